The van der Waals surface area contributed by atoms with E-state index >= 15 is 0 Å². The van der Waals surface area contributed by atoms with Gasteiger partial charge >= 0.3 is 0 Å². The third-order valence-electron chi connectivity index (χ3n) is 11.8. The predicted octanol–water partition coefficient (Wildman–Crippen LogP) is 14.3. The first-order valence-corrected chi connectivity index (χ1v) is 19.7. The number of fused-ring (bicyclic) bond motifs is 6. The lowest BCUT2D eigenvalue weighted by atomic mass is 9.67. The van der Waals surface area contributed by atoms with E-state index in [1.165, 1.54) is 60.8 Å². The molecule has 57 heavy (non-hydrogen) atoms. The second kappa shape index (κ2) is 13.4. The second-order valence-electron chi connectivity index (χ2n) is 14.9. The monoisotopic (exact) mass is 726 g/mol. The highest BCUT2D eigenvalue weighted by Gasteiger charge is 2.46. The van der Waals surface area contributed by atoms with Gasteiger partial charge in [-0.25, -0.2) is 0 Å². The van der Waals surface area contributed by atoms with E-state index in [0.29, 0.717) is 0 Å². The molecular weight excluding hydrogens is 689 g/mol. The van der Waals surface area contributed by atoms with E-state index in [-0.39, 0.29) is 0 Å². The summed E-state index contributed by atoms with van der Waals surface area (Å²) in [4.78, 5) is 2.42. The molecule has 1 aromatic heterocycles. The molecule has 0 amide bonds. The summed E-state index contributed by atoms with van der Waals surface area (Å²) in [6, 6.07) is 84.2. The van der Waals surface area contributed by atoms with Crippen LogP contribution in [0.1, 0.15) is 22.3 Å². The van der Waals surface area contributed by atoms with Crippen LogP contribution in [-0.2, 0) is 5.41 Å². The van der Waals surface area contributed by atoms with Crippen LogP contribution in [-0.4, -0.2) is 4.57 Å². The number of hydrogen-bond acceptors (Lipinski definition) is 1. The van der Waals surface area contributed by atoms with Crippen molar-refractivity contribution in [3.05, 3.63) is 253 Å². The Morgan fingerprint density at radius 3 is 1.65 bits per heavy atom. The Kier molecular flexibility index (Phi) is 7.75. The number of benzene rings is 9. The fourth-order valence-corrected chi connectivity index (χ4v) is 9.51. The Hall–Kier alpha value is -7.42. The lowest BCUT2D eigenvalue weighted by Gasteiger charge is -2.35. The van der Waals surface area contributed by atoms with Crippen molar-refractivity contribution >= 4 is 38.9 Å². The summed E-state index contributed by atoms with van der Waals surface area (Å²) < 4.78 is 2.42. The zero-order valence-electron chi connectivity index (χ0n) is 31.3. The van der Waals surface area contributed by atoms with Crippen molar-refractivity contribution < 1.29 is 0 Å². The van der Waals surface area contributed by atoms with E-state index in [1.807, 2.05) is 0 Å². The molecule has 268 valence electrons. The first-order valence-electron chi connectivity index (χ1n) is 19.7. The number of hydrogen-bond donors (Lipinski definition) is 0. The molecule has 0 aliphatic heterocycles. The van der Waals surface area contributed by atoms with E-state index in [0.717, 1.165) is 28.3 Å². The van der Waals surface area contributed by atoms with Crippen LogP contribution < -0.4 is 4.90 Å². The fourth-order valence-electron chi connectivity index (χ4n) is 9.51. The topological polar surface area (TPSA) is 8.17 Å². The molecule has 0 atom stereocenters. The van der Waals surface area contributed by atoms with Crippen LogP contribution in [0.2, 0.25) is 0 Å². The zero-order chi connectivity index (χ0) is 37.8. The Balaban J connectivity index is 1.14. The average Bonchev–Trinajstić information content (AvgIpc) is 3.79. The van der Waals surface area contributed by atoms with Gasteiger partial charge in [-0.3, -0.25) is 0 Å². The molecule has 0 unspecified atom stereocenters. The van der Waals surface area contributed by atoms with Crippen LogP contribution in [0.4, 0.5) is 17.1 Å². The van der Waals surface area contributed by atoms with Gasteiger partial charge in [0.05, 0.1) is 16.4 Å². The first kappa shape index (κ1) is 33.0. The van der Waals surface area contributed by atoms with Crippen LogP contribution in [0.25, 0.3) is 49.7 Å². The molecule has 0 saturated carbocycles. The van der Waals surface area contributed by atoms with Crippen molar-refractivity contribution in [3.63, 3.8) is 0 Å². The van der Waals surface area contributed by atoms with Gasteiger partial charge in [-0.2, -0.15) is 0 Å². The van der Waals surface area contributed by atoms with Gasteiger partial charge in [0.25, 0.3) is 0 Å². The van der Waals surface area contributed by atoms with Crippen LogP contribution in [0.3, 0.4) is 0 Å². The number of aromatic nitrogens is 1. The van der Waals surface area contributed by atoms with E-state index in [4.69, 9.17) is 0 Å². The van der Waals surface area contributed by atoms with Crippen molar-refractivity contribution in [2.75, 3.05) is 4.90 Å². The number of para-hydroxylation sites is 4. The number of rotatable bonds is 7. The van der Waals surface area contributed by atoms with Gasteiger partial charge in [0.15, 0.2) is 0 Å². The van der Waals surface area contributed by atoms with Gasteiger partial charge in [0, 0.05) is 39.1 Å². The molecule has 2 heteroatoms. The van der Waals surface area contributed by atoms with E-state index < -0.39 is 5.41 Å². The molecule has 10 aromatic rings. The van der Waals surface area contributed by atoms with E-state index in [2.05, 4.69) is 240 Å². The van der Waals surface area contributed by atoms with Gasteiger partial charge < -0.3 is 9.47 Å². The predicted molar refractivity (Wildman–Crippen MR) is 238 cm³/mol. The Morgan fingerprint density at radius 1 is 0.351 bits per heavy atom. The maximum atomic E-state index is 2.45. The lowest BCUT2D eigenvalue weighted by molar-refractivity contribution is 0.768. The van der Waals surface area contributed by atoms with Crippen molar-refractivity contribution in [1.82, 2.24) is 4.57 Å². The summed E-state index contributed by atoms with van der Waals surface area (Å²) >= 11 is 0. The molecule has 0 saturated heterocycles. The summed E-state index contributed by atoms with van der Waals surface area (Å²) in [5, 5.41) is 2.49. The molecule has 9 aromatic carbocycles. The van der Waals surface area contributed by atoms with Gasteiger partial charge in [0.2, 0.25) is 0 Å². The van der Waals surface area contributed by atoms with Crippen molar-refractivity contribution in [1.29, 1.82) is 0 Å². The molecule has 0 fully saturated rings. The SMILES string of the molecule is c1ccc(N(c2cccc(-c3cccc4c5ccccc5n(-c5ccccc5)c34)c2)c2ccc3c(c2)C(c2ccccc2)(c2ccccc2)c2ccccc2-3)cc1. The second-order valence-corrected chi connectivity index (χ2v) is 14.9. The molecule has 2 nitrogen and oxygen atoms in total. The van der Waals surface area contributed by atoms with E-state index in [9.17, 15) is 0 Å². The van der Waals surface area contributed by atoms with Gasteiger partial charge in [0.1, 0.15) is 0 Å². The highest BCUT2D eigenvalue weighted by molar-refractivity contribution is 6.14. The summed E-state index contributed by atoms with van der Waals surface area (Å²) in [6.07, 6.45) is 0. The minimum Gasteiger partial charge on any atom is -0.310 e. The quantitative estimate of drug-likeness (QED) is 0.159. The molecule has 0 spiro atoms. The lowest BCUT2D eigenvalue weighted by Crippen LogP contribution is -2.28. The molecular formula is C55H38N2. The summed E-state index contributed by atoms with van der Waals surface area (Å²) in [6.45, 7) is 0. The number of anilines is 3. The van der Waals surface area contributed by atoms with Crippen LogP contribution in [0.15, 0.2) is 231 Å². The summed E-state index contributed by atoms with van der Waals surface area (Å²) in [7, 11) is 0. The Bertz CT molecular complexity index is 3020. The minimum absolute atomic E-state index is 0.491. The normalized spacial score (nSPS) is 12.7. The highest BCUT2D eigenvalue weighted by Crippen LogP contribution is 2.57. The Morgan fingerprint density at radius 2 is 0.895 bits per heavy atom. The zero-order valence-corrected chi connectivity index (χ0v) is 31.3. The minimum atomic E-state index is -0.491. The standard InChI is InChI=1S/C55H38N2/c1-5-20-40(21-6-1)55(41-22-7-2-8-23-41)51-33-15-13-29-47(51)48-36-35-45(38-52(48)55)56(42-24-9-3-10-25-42)44-28-17-19-39(37-44)46-31-18-32-50-49-30-14-16-34-53(49)57(54(46)50)43-26-11-4-12-27-43/h1-38H. The maximum Gasteiger partial charge on any atom is 0.0714 e. The molecule has 0 N–H and O–H groups in total. The van der Waals surface area contributed by atoms with Crippen molar-refractivity contribution in [3.8, 4) is 27.9 Å². The first-order chi connectivity index (χ1) is 28.3. The summed E-state index contributed by atoms with van der Waals surface area (Å²) in [5.74, 6) is 0. The van der Waals surface area contributed by atoms with Crippen LogP contribution >= 0.6 is 0 Å². The molecule has 11 rings (SSSR count). The smallest absolute Gasteiger partial charge is 0.0714 e. The van der Waals surface area contributed by atoms with Crippen LogP contribution in [0.5, 0.6) is 0 Å². The molecule has 0 radical (unpaired) electrons. The maximum absolute atomic E-state index is 2.45. The third-order valence-corrected chi connectivity index (χ3v) is 11.8. The van der Waals surface area contributed by atoms with Gasteiger partial charge in [-0.1, -0.05) is 176 Å². The highest BCUT2D eigenvalue weighted by atomic mass is 15.1. The van der Waals surface area contributed by atoms with Crippen molar-refractivity contribution in [2.45, 2.75) is 5.41 Å². The molecule has 0 bridgehead atoms. The molecule has 1 aliphatic rings. The summed E-state index contributed by atoms with van der Waals surface area (Å²) in [5.41, 5.74) is 16.4. The fraction of sp³-hybridized carbons (Fsp3) is 0.0182. The third kappa shape index (κ3) is 5.11. The van der Waals surface area contributed by atoms with Gasteiger partial charge in [-0.05, 0) is 93.5 Å². The largest absolute Gasteiger partial charge is 0.310 e. The van der Waals surface area contributed by atoms with Crippen molar-refractivity contribution in [2.24, 2.45) is 0 Å². The Labute approximate surface area is 333 Å². The van der Waals surface area contributed by atoms with E-state index in [1.54, 1.807) is 0 Å². The number of nitrogens with zero attached hydrogens (tertiary/aromatic N) is 2. The van der Waals surface area contributed by atoms with Gasteiger partial charge in [-0.15, -0.1) is 0 Å². The van der Waals surface area contributed by atoms with Crippen LogP contribution in [0, 0.1) is 0 Å². The average molecular weight is 727 g/mol. The molecule has 1 heterocycles. The molecule has 1 aliphatic carbocycles.